The van der Waals surface area contributed by atoms with Crippen molar-refractivity contribution in [1.29, 1.82) is 0 Å². The van der Waals surface area contributed by atoms with Gasteiger partial charge in [-0.25, -0.2) is 0 Å². The summed E-state index contributed by atoms with van der Waals surface area (Å²) in [5.41, 5.74) is 0. The molecular formula is C24H56O4P2S. The van der Waals surface area contributed by atoms with Gasteiger partial charge < -0.3 is 9.11 Å². The third kappa shape index (κ3) is 10.7. The maximum atomic E-state index is 8.52. The summed E-state index contributed by atoms with van der Waals surface area (Å²) in [5.74, 6) is 0. The molecule has 31 heavy (non-hydrogen) atoms. The zero-order valence-electron chi connectivity index (χ0n) is 23.8. The van der Waals surface area contributed by atoms with Crippen LogP contribution >= 0.6 is 14.5 Å². The highest BCUT2D eigenvalue weighted by Gasteiger charge is 2.55. The minimum absolute atomic E-state index is 0.509. The maximum Gasteiger partial charge on any atom is 0.0720 e. The summed E-state index contributed by atoms with van der Waals surface area (Å²) in [6.07, 6.45) is 5.54. The smallest absolute Gasteiger partial charge is 0.0720 e. The summed E-state index contributed by atoms with van der Waals surface area (Å²) in [6, 6.07) is 0. The molecule has 0 amide bonds. The topological polar surface area (TPSA) is 80.3 Å². The van der Waals surface area contributed by atoms with Crippen molar-refractivity contribution >= 4 is 24.9 Å². The van der Waals surface area contributed by atoms with E-state index in [9.17, 15) is 0 Å². The summed E-state index contributed by atoms with van der Waals surface area (Å²) in [4.78, 5) is 0. The molecule has 0 aromatic heterocycles. The first-order valence-corrected chi connectivity index (χ1v) is 17.3. The Balaban J connectivity index is -0.000000416. The lowest BCUT2D eigenvalue weighted by molar-refractivity contribution is 0.352. The highest BCUT2D eigenvalue weighted by Crippen LogP contribution is 2.76. The molecule has 7 heteroatoms. The fourth-order valence-electron chi connectivity index (χ4n) is 6.25. The van der Waals surface area contributed by atoms with Crippen LogP contribution in [0, 0.1) is 0 Å². The molecule has 0 rings (SSSR count). The molecule has 0 aliphatic carbocycles. The van der Waals surface area contributed by atoms with Crippen LogP contribution in [-0.2, 0) is 10.4 Å². The molecule has 0 aliphatic rings. The molecule has 0 aromatic carbocycles. The normalized spacial score (nSPS) is 14.3. The molecule has 4 nitrogen and oxygen atoms in total. The van der Waals surface area contributed by atoms with Crippen molar-refractivity contribution < 1.29 is 17.5 Å². The zero-order chi connectivity index (χ0) is 26.3. The molecule has 0 radical (unpaired) electrons. The Bertz CT molecular complexity index is 513. The van der Waals surface area contributed by atoms with Crippen LogP contribution in [0.2, 0.25) is 0 Å². The molecular weight excluding hydrogens is 446 g/mol. The van der Waals surface area contributed by atoms with E-state index in [2.05, 4.69) is 111 Å². The first kappa shape index (κ1) is 36.3. The van der Waals surface area contributed by atoms with Gasteiger partial charge in [-0.15, -0.1) is 0 Å². The van der Waals surface area contributed by atoms with E-state index in [1.165, 1.54) is 24.6 Å². The van der Waals surface area contributed by atoms with Crippen molar-refractivity contribution in [1.82, 2.24) is 0 Å². The molecule has 0 saturated heterocycles. The predicted octanol–water partition coefficient (Wildman–Crippen LogP) is 7.94. The van der Waals surface area contributed by atoms with E-state index in [4.69, 9.17) is 17.5 Å². The van der Waals surface area contributed by atoms with E-state index in [1.54, 1.807) is 0 Å². The van der Waals surface area contributed by atoms with E-state index in [0.717, 1.165) is 0 Å². The van der Waals surface area contributed by atoms with Crippen molar-refractivity contribution in [2.75, 3.05) is 24.6 Å². The Morgan fingerprint density at radius 3 is 0.581 bits per heavy atom. The monoisotopic (exact) mass is 502 g/mol. The summed E-state index contributed by atoms with van der Waals surface area (Å²) in [6.45, 7) is 38.7. The van der Waals surface area contributed by atoms with Gasteiger partial charge in [-0.05, 0) is 111 Å². The van der Waals surface area contributed by atoms with Crippen molar-refractivity contribution in [2.24, 2.45) is 0 Å². The number of hydrogen-bond donors (Lipinski definition) is 0. The molecule has 0 fully saturated rings. The Morgan fingerprint density at radius 1 is 0.484 bits per heavy atom. The van der Waals surface area contributed by atoms with Crippen molar-refractivity contribution in [3.05, 3.63) is 0 Å². The molecule has 0 spiro atoms. The summed E-state index contributed by atoms with van der Waals surface area (Å²) < 4.78 is 34.1. The SMILES string of the molecule is CC[P+](CC)(C(C)(C)C)C(C)(C)C.CC[P+](CC)(C(C)(C)C)C(C)(C)C.O=S(=O)([O-])[O-]. The van der Waals surface area contributed by atoms with Crippen LogP contribution in [0.25, 0.3) is 0 Å². The number of hydrogen-bond acceptors (Lipinski definition) is 4. The third-order valence-corrected chi connectivity index (χ3v) is 21.9. The molecule has 0 heterocycles. The molecule has 0 N–H and O–H groups in total. The van der Waals surface area contributed by atoms with E-state index in [-0.39, 0.29) is 0 Å². The lowest BCUT2D eigenvalue weighted by Gasteiger charge is -2.46. The van der Waals surface area contributed by atoms with E-state index in [1.807, 2.05) is 0 Å². The average Bonchev–Trinajstić information content (AvgIpc) is 2.43. The Kier molecular flexibility index (Phi) is 14.6. The van der Waals surface area contributed by atoms with Gasteiger partial charge in [0.05, 0.1) is 45.3 Å². The minimum Gasteiger partial charge on any atom is -0.759 e. The molecule has 0 saturated carbocycles. The van der Waals surface area contributed by atoms with E-state index >= 15 is 0 Å². The lowest BCUT2D eigenvalue weighted by atomic mass is 10.2. The zero-order valence-corrected chi connectivity index (χ0v) is 26.4. The number of rotatable bonds is 4. The van der Waals surface area contributed by atoms with Crippen LogP contribution < -0.4 is 0 Å². The van der Waals surface area contributed by atoms with Gasteiger partial charge in [-0.2, -0.15) is 0 Å². The first-order chi connectivity index (χ1) is 13.2. The van der Waals surface area contributed by atoms with Crippen molar-refractivity contribution in [3.63, 3.8) is 0 Å². The van der Waals surface area contributed by atoms with Crippen LogP contribution in [0.15, 0.2) is 0 Å². The summed E-state index contributed by atoms with van der Waals surface area (Å²) in [5, 5.41) is 2.03. The van der Waals surface area contributed by atoms with Gasteiger partial charge in [-0.3, -0.25) is 8.42 Å². The molecule has 0 aromatic rings. The fraction of sp³-hybridized carbons (Fsp3) is 1.00. The predicted molar refractivity (Wildman–Crippen MR) is 145 cm³/mol. The van der Waals surface area contributed by atoms with E-state index in [0.29, 0.717) is 20.6 Å². The second kappa shape index (κ2) is 12.4. The van der Waals surface area contributed by atoms with Crippen LogP contribution in [0.3, 0.4) is 0 Å². The maximum absolute atomic E-state index is 8.52. The van der Waals surface area contributed by atoms with Gasteiger partial charge >= 0.3 is 0 Å². The quantitative estimate of drug-likeness (QED) is 0.222. The lowest BCUT2D eigenvalue weighted by Crippen LogP contribution is -2.36. The summed E-state index contributed by atoms with van der Waals surface area (Å²) >= 11 is 0. The highest BCUT2D eigenvalue weighted by atomic mass is 32.3. The fourth-order valence-corrected chi connectivity index (χ4v) is 18.8. The molecule has 0 aliphatic heterocycles. The van der Waals surface area contributed by atoms with Crippen LogP contribution in [-0.4, -0.2) is 62.8 Å². The van der Waals surface area contributed by atoms with Gasteiger partial charge in [0.25, 0.3) is 0 Å². The van der Waals surface area contributed by atoms with Gasteiger partial charge in [-0.1, -0.05) is 0 Å². The standard InChI is InChI=1S/2C12H28P.H2O4S/c2*1-9-13(10-2,11(3,4)5)12(6,7)8;1-5(2,3)4/h2*9-10H2,1-8H3;(H2,1,2,3,4)/q2*+1;/p-2. The molecule has 0 bridgehead atoms. The van der Waals surface area contributed by atoms with Gasteiger partial charge in [0, 0.05) is 24.9 Å². The largest absolute Gasteiger partial charge is 0.759 e. The van der Waals surface area contributed by atoms with Gasteiger partial charge in [0.15, 0.2) is 0 Å². The molecule has 0 unspecified atom stereocenters. The van der Waals surface area contributed by atoms with Crippen LogP contribution in [0.5, 0.6) is 0 Å². The third-order valence-electron chi connectivity index (χ3n) is 7.30. The van der Waals surface area contributed by atoms with Crippen molar-refractivity contribution in [3.8, 4) is 0 Å². The molecule has 192 valence electrons. The Morgan fingerprint density at radius 2 is 0.581 bits per heavy atom. The Labute approximate surface area is 198 Å². The van der Waals surface area contributed by atoms with Crippen LogP contribution in [0.4, 0.5) is 0 Å². The summed E-state index contributed by atoms with van der Waals surface area (Å²) in [7, 11) is -6.82. The Hall–Kier alpha value is 0.730. The van der Waals surface area contributed by atoms with Gasteiger partial charge in [0.2, 0.25) is 0 Å². The second-order valence-electron chi connectivity index (χ2n) is 12.3. The van der Waals surface area contributed by atoms with Crippen LogP contribution in [0.1, 0.15) is 111 Å². The average molecular weight is 503 g/mol. The molecule has 0 atom stereocenters. The highest BCUT2D eigenvalue weighted by molar-refractivity contribution is 7.79. The minimum atomic E-state index is -5.17. The second-order valence-corrected chi connectivity index (χ2v) is 24.9. The van der Waals surface area contributed by atoms with Gasteiger partial charge in [0.1, 0.15) is 0 Å². The van der Waals surface area contributed by atoms with E-state index < -0.39 is 24.9 Å². The van der Waals surface area contributed by atoms with Crippen molar-refractivity contribution in [2.45, 2.75) is 131 Å². The first-order valence-electron chi connectivity index (χ1n) is 11.7.